The normalized spacial score (nSPS) is 11.2. The first kappa shape index (κ1) is 13.1. The van der Waals surface area contributed by atoms with Crippen molar-refractivity contribution in [1.29, 1.82) is 0 Å². The predicted octanol–water partition coefficient (Wildman–Crippen LogP) is 3.13. The zero-order valence-corrected chi connectivity index (χ0v) is 12.4. The fourth-order valence-electron chi connectivity index (χ4n) is 2.06. The standard InChI is InChI=1S/C13H20N4S/c1-8(2)7-17(5)11-10-6-9(3)18-12(10)16-13(14-4)15-11/h6,8H,7H2,1-5H3,(H,14,15,16). The number of anilines is 2. The minimum absolute atomic E-state index is 0.609. The van der Waals surface area contributed by atoms with Crippen LogP contribution in [0.25, 0.3) is 10.2 Å². The van der Waals surface area contributed by atoms with Crippen LogP contribution in [0.5, 0.6) is 0 Å². The molecule has 0 aliphatic rings. The molecule has 0 fully saturated rings. The van der Waals surface area contributed by atoms with E-state index >= 15 is 0 Å². The predicted molar refractivity (Wildman–Crippen MR) is 79.8 cm³/mol. The number of hydrogen-bond acceptors (Lipinski definition) is 5. The quantitative estimate of drug-likeness (QED) is 0.921. The Morgan fingerprint density at radius 1 is 1.39 bits per heavy atom. The van der Waals surface area contributed by atoms with E-state index in [0.29, 0.717) is 11.9 Å². The molecule has 5 heteroatoms. The molecule has 0 radical (unpaired) electrons. The Hall–Kier alpha value is -1.36. The molecule has 0 aliphatic heterocycles. The molecule has 2 heterocycles. The fraction of sp³-hybridized carbons (Fsp3) is 0.538. The van der Waals surface area contributed by atoms with Gasteiger partial charge in [-0.15, -0.1) is 11.3 Å². The van der Waals surface area contributed by atoms with Crippen molar-refractivity contribution in [1.82, 2.24) is 9.97 Å². The highest BCUT2D eigenvalue weighted by atomic mass is 32.1. The van der Waals surface area contributed by atoms with Gasteiger partial charge in [0, 0.05) is 25.5 Å². The minimum Gasteiger partial charge on any atom is -0.359 e. The molecule has 0 saturated heterocycles. The van der Waals surface area contributed by atoms with Crippen LogP contribution in [0.2, 0.25) is 0 Å². The summed E-state index contributed by atoms with van der Waals surface area (Å²) in [5.41, 5.74) is 0. The summed E-state index contributed by atoms with van der Waals surface area (Å²) < 4.78 is 0. The third kappa shape index (κ3) is 2.56. The number of aryl methyl sites for hydroxylation is 1. The number of nitrogens with zero attached hydrogens (tertiary/aromatic N) is 3. The van der Waals surface area contributed by atoms with Gasteiger partial charge in [-0.1, -0.05) is 13.8 Å². The number of fused-ring (bicyclic) bond motifs is 1. The highest BCUT2D eigenvalue weighted by Gasteiger charge is 2.14. The van der Waals surface area contributed by atoms with Crippen molar-refractivity contribution < 1.29 is 0 Å². The van der Waals surface area contributed by atoms with Crippen molar-refractivity contribution in [2.24, 2.45) is 5.92 Å². The SMILES string of the molecule is CNc1nc(N(C)CC(C)C)c2cc(C)sc2n1. The second-order valence-electron chi connectivity index (χ2n) is 4.97. The molecule has 98 valence electrons. The zero-order valence-electron chi connectivity index (χ0n) is 11.6. The van der Waals surface area contributed by atoms with Crippen molar-refractivity contribution in [3.63, 3.8) is 0 Å². The van der Waals surface area contributed by atoms with Gasteiger partial charge in [-0.25, -0.2) is 4.98 Å². The fourth-order valence-corrected chi connectivity index (χ4v) is 2.94. The molecular weight excluding hydrogens is 244 g/mol. The van der Waals surface area contributed by atoms with Gasteiger partial charge < -0.3 is 10.2 Å². The molecule has 0 bridgehead atoms. The Kier molecular flexibility index (Phi) is 3.71. The third-order valence-corrected chi connectivity index (χ3v) is 3.66. The zero-order chi connectivity index (χ0) is 13.3. The lowest BCUT2D eigenvalue weighted by Crippen LogP contribution is -2.24. The largest absolute Gasteiger partial charge is 0.359 e. The van der Waals surface area contributed by atoms with Crippen molar-refractivity contribution in [2.45, 2.75) is 20.8 Å². The molecule has 2 aromatic heterocycles. The molecule has 0 spiro atoms. The van der Waals surface area contributed by atoms with Crippen molar-refractivity contribution in [2.75, 3.05) is 30.9 Å². The van der Waals surface area contributed by atoms with Crippen LogP contribution >= 0.6 is 11.3 Å². The van der Waals surface area contributed by atoms with Crippen molar-refractivity contribution in [3.05, 3.63) is 10.9 Å². The van der Waals surface area contributed by atoms with Gasteiger partial charge in [0.1, 0.15) is 10.6 Å². The van der Waals surface area contributed by atoms with Crippen LogP contribution in [-0.2, 0) is 0 Å². The first-order valence-electron chi connectivity index (χ1n) is 6.18. The number of rotatable bonds is 4. The summed E-state index contributed by atoms with van der Waals surface area (Å²) in [5.74, 6) is 2.31. The van der Waals surface area contributed by atoms with Gasteiger partial charge in [0.05, 0.1) is 5.39 Å². The highest BCUT2D eigenvalue weighted by Crippen LogP contribution is 2.31. The van der Waals surface area contributed by atoms with E-state index in [0.717, 1.165) is 22.6 Å². The van der Waals surface area contributed by atoms with E-state index in [-0.39, 0.29) is 0 Å². The van der Waals surface area contributed by atoms with E-state index in [1.54, 1.807) is 11.3 Å². The molecule has 1 N–H and O–H groups in total. The summed E-state index contributed by atoms with van der Waals surface area (Å²) in [4.78, 5) is 13.6. The van der Waals surface area contributed by atoms with E-state index in [2.05, 4.69) is 54.1 Å². The van der Waals surface area contributed by atoms with Gasteiger partial charge >= 0.3 is 0 Å². The number of aromatic nitrogens is 2. The first-order chi connectivity index (χ1) is 8.51. The smallest absolute Gasteiger partial charge is 0.225 e. The number of hydrogen-bond donors (Lipinski definition) is 1. The summed E-state index contributed by atoms with van der Waals surface area (Å²) in [6.07, 6.45) is 0. The summed E-state index contributed by atoms with van der Waals surface area (Å²) in [5, 5.41) is 4.19. The van der Waals surface area contributed by atoms with E-state index in [4.69, 9.17) is 0 Å². The Morgan fingerprint density at radius 2 is 2.11 bits per heavy atom. The topological polar surface area (TPSA) is 41.1 Å². The monoisotopic (exact) mass is 264 g/mol. The molecule has 0 atom stereocenters. The summed E-state index contributed by atoms with van der Waals surface area (Å²) in [6, 6.07) is 2.17. The number of nitrogens with one attached hydrogen (secondary N) is 1. The molecule has 0 saturated carbocycles. The Labute approximate surface area is 112 Å². The molecule has 2 rings (SSSR count). The van der Waals surface area contributed by atoms with Gasteiger partial charge in [-0.2, -0.15) is 4.98 Å². The second kappa shape index (κ2) is 5.10. The lowest BCUT2D eigenvalue weighted by molar-refractivity contribution is 0.636. The van der Waals surface area contributed by atoms with Gasteiger partial charge in [0.25, 0.3) is 0 Å². The maximum absolute atomic E-state index is 4.60. The average Bonchev–Trinajstić information content (AvgIpc) is 2.66. The molecule has 2 aromatic rings. The van der Waals surface area contributed by atoms with Crippen LogP contribution < -0.4 is 10.2 Å². The first-order valence-corrected chi connectivity index (χ1v) is 7.00. The van der Waals surface area contributed by atoms with Gasteiger partial charge in [-0.05, 0) is 18.9 Å². The summed E-state index contributed by atoms with van der Waals surface area (Å²) >= 11 is 1.71. The van der Waals surface area contributed by atoms with Crippen molar-refractivity contribution in [3.8, 4) is 0 Å². The van der Waals surface area contributed by atoms with Crippen molar-refractivity contribution >= 4 is 33.3 Å². The summed E-state index contributed by atoms with van der Waals surface area (Å²) in [6.45, 7) is 7.53. The maximum Gasteiger partial charge on any atom is 0.225 e. The van der Waals surface area contributed by atoms with Gasteiger partial charge in [-0.3, -0.25) is 0 Å². The van der Waals surface area contributed by atoms with Crippen LogP contribution in [0.1, 0.15) is 18.7 Å². The van der Waals surface area contributed by atoms with Crippen LogP contribution in [0.3, 0.4) is 0 Å². The third-order valence-electron chi connectivity index (χ3n) is 2.72. The minimum atomic E-state index is 0.609. The molecule has 4 nitrogen and oxygen atoms in total. The summed E-state index contributed by atoms with van der Waals surface area (Å²) in [7, 11) is 3.95. The molecule has 0 unspecified atom stereocenters. The highest BCUT2D eigenvalue weighted by molar-refractivity contribution is 7.18. The molecule has 18 heavy (non-hydrogen) atoms. The molecule has 0 aliphatic carbocycles. The lowest BCUT2D eigenvalue weighted by atomic mass is 10.2. The van der Waals surface area contributed by atoms with E-state index in [1.165, 1.54) is 4.88 Å². The maximum atomic E-state index is 4.60. The Bertz CT molecular complexity index is 547. The Morgan fingerprint density at radius 3 is 2.72 bits per heavy atom. The van der Waals surface area contributed by atoms with Crippen LogP contribution in [0.4, 0.5) is 11.8 Å². The van der Waals surface area contributed by atoms with Crippen LogP contribution in [0.15, 0.2) is 6.07 Å². The molecule has 0 aromatic carbocycles. The van der Waals surface area contributed by atoms with E-state index in [1.807, 2.05) is 7.05 Å². The van der Waals surface area contributed by atoms with Gasteiger partial charge in [0.15, 0.2) is 0 Å². The lowest BCUT2D eigenvalue weighted by Gasteiger charge is -2.21. The van der Waals surface area contributed by atoms with E-state index < -0.39 is 0 Å². The number of thiophene rings is 1. The van der Waals surface area contributed by atoms with Crippen LogP contribution in [0, 0.1) is 12.8 Å². The van der Waals surface area contributed by atoms with Crippen LogP contribution in [-0.4, -0.2) is 30.6 Å². The second-order valence-corrected chi connectivity index (χ2v) is 6.21. The van der Waals surface area contributed by atoms with Gasteiger partial charge in [0.2, 0.25) is 5.95 Å². The molecule has 0 amide bonds. The van der Waals surface area contributed by atoms with E-state index in [9.17, 15) is 0 Å². The Balaban J connectivity index is 2.52. The molecular formula is C13H20N4S. The average molecular weight is 264 g/mol.